The molecule has 2 N–H and O–H groups in total. The monoisotopic (exact) mass is 263 g/mol. The van der Waals surface area contributed by atoms with Gasteiger partial charge in [-0.1, -0.05) is 6.07 Å². The van der Waals surface area contributed by atoms with Crippen molar-refractivity contribution in [2.24, 2.45) is 0 Å². The molecule has 2 rings (SSSR count). The van der Waals surface area contributed by atoms with Crippen molar-refractivity contribution >= 4 is 5.91 Å². The number of carbonyl (C=O) groups is 1. The van der Waals surface area contributed by atoms with E-state index in [2.05, 4.69) is 15.5 Å². The van der Waals surface area contributed by atoms with Gasteiger partial charge in [0.2, 0.25) is 5.91 Å². The van der Waals surface area contributed by atoms with Gasteiger partial charge >= 0.3 is 0 Å². The van der Waals surface area contributed by atoms with Gasteiger partial charge in [-0.25, -0.2) is 4.39 Å². The Morgan fingerprint density at radius 1 is 1.42 bits per heavy atom. The van der Waals surface area contributed by atoms with E-state index in [1.54, 1.807) is 24.4 Å². The van der Waals surface area contributed by atoms with Crippen molar-refractivity contribution in [3.8, 4) is 5.75 Å². The topological polar surface area (TPSA) is 67.0 Å². The molecule has 0 aliphatic heterocycles. The van der Waals surface area contributed by atoms with Gasteiger partial charge in [0.05, 0.1) is 25.3 Å². The van der Waals surface area contributed by atoms with Crippen molar-refractivity contribution in [2.45, 2.75) is 13.0 Å². The summed E-state index contributed by atoms with van der Waals surface area (Å²) in [7, 11) is 0. The molecule has 1 heterocycles. The second-order valence-corrected chi connectivity index (χ2v) is 3.91. The van der Waals surface area contributed by atoms with Crippen LogP contribution >= 0.6 is 0 Å². The maximum absolute atomic E-state index is 12.9. The van der Waals surface area contributed by atoms with Crippen LogP contribution in [0.2, 0.25) is 0 Å². The molecule has 2 aromatic rings. The number of halogens is 1. The molecule has 0 unspecified atom stereocenters. The van der Waals surface area contributed by atoms with Crippen LogP contribution in [-0.4, -0.2) is 22.7 Å². The molecule has 19 heavy (non-hydrogen) atoms. The molecule has 0 radical (unpaired) electrons. The summed E-state index contributed by atoms with van der Waals surface area (Å²) in [6.45, 7) is 0.608. The third-order valence-corrected chi connectivity index (χ3v) is 2.43. The Balaban J connectivity index is 1.66. The van der Waals surface area contributed by atoms with Gasteiger partial charge in [0.25, 0.3) is 0 Å². The SMILES string of the molecule is O=C(CCOc1cccc(F)c1)NCc1ccn[nH]1. The van der Waals surface area contributed by atoms with Crippen LogP contribution in [-0.2, 0) is 11.3 Å². The van der Waals surface area contributed by atoms with Crippen LogP contribution in [0.5, 0.6) is 5.75 Å². The van der Waals surface area contributed by atoms with Crippen LogP contribution < -0.4 is 10.1 Å². The fourth-order valence-electron chi connectivity index (χ4n) is 1.48. The van der Waals surface area contributed by atoms with Crippen molar-refractivity contribution in [3.63, 3.8) is 0 Å². The van der Waals surface area contributed by atoms with E-state index in [9.17, 15) is 9.18 Å². The highest BCUT2D eigenvalue weighted by molar-refractivity contribution is 5.75. The molecule has 0 bridgehead atoms. The molecule has 1 amide bonds. The fraction of sp³-hybridized carbons (Fsp3) is 0.231. The van der Waals surface area contributed by atoms with Crippen LogP contribution in [0.4, 0.5) is 4.39 Å². The van der Waals surface area contributed by atoms with Gasteiger partial charge in [-0.2, -0.15) is 5.10 Å². The van der Waals surface area contributed by atoms with E-state index < -0.39 is 0 Å². The first-order valence-corrected chi connectivity index (χ1v) is 5.87. The molecular weight excluding hydrogens is 249 g/mol. The maximum atomic E-state index is 12.9. The van der Waals surface area contributed by atoms with E-state index >= 15 is 0 Å². The number of benzene rings is 1. The predicted octanol–water partition coefficient (Wildman–Crippen LogP) is 1.63. The lowest BCUT2D eigenvalue weighted by molar-refractivity contribution is -0.121. The van der Waals surface area contributed by atoms with E-state index in [0.29, 0.717) is 12.3 Å². The Morgan fingerprint density at radius 2 is 2.32 bits per heavy atom. The third-order valence-electron chi connectivity index (χ3n) is 2.43. The lowest BCUT2D eigenvalue weighted by atomic mass is 10.3. The van der Waals surface area contributed by atoms with Crippen LogP contribution in [0.3, 0.4) is 0 Å². The summed E-state index contributed by atoms with van der Waals surface area (Å²) in [5.74, 6) is -0.0754. The summed E-state index contributed by atoms with van der Waals surface area (Å²) < 4.78 is 18.1. The minimum absolute atomic E-state index is 0.133. The highest BCUT2D eigenvalue weighted by Crippen LogP contribution is 2.11. The van der Waals surface area contributed by atoms with Crippen LogP contribution in [0, 0.1) is 5.82 Å². The number of carbonyl (C=O) groups excluding carboxylic acids is 1. The first kappa shape index (κ1) is 13.1. The molecule has 0 aliphatic carbocycles. The molecule has 0 saturated heterocycles. The van der Waals surface area contributed by atoms with Gasteiger partial charge in [-0.05, 0) is 18.2 Å². The second-order valence-electron chi connectivity index (χ2n) is 3.91. The average Bonchev–Trinajstić information content (AvgIpc) is 2.89. The van der Waals surface area contributed by atoms with Crippen molar-refractivity contribution in [1.29, 1.82) is 0 Å². The van der Waals surface area contributed by atoms with Crippen molar-refractivity contribution in [3.05, 3.63) is 48.0 Å². The first-order chi connectivity index (χ1) is 9.24. The summed E-state index contributed by atoms with van der Waals surface area (Å²) in [5.41, 5.74) is 0.833. The summed E-state index contributed by atoms with van der Waals surface area (Å²) in [6, 6.07) is 7.60. The predicted molar refractivity (Wildman–Crippen MR) is 66.9 cm³/mol. The normalized spacial score (nSPS) is 10.2. The molecule has 0 spiro atoms. The van der Waals surface area contributed by atoms with E-state index in [4.69, 9.17) is 4.74 Å². The summed E-state index contributed by atoms with van der Waals surface area (Å²) >= 11 is 0. The van der Waals surface area contributed by atoms with Crippen molar-refractivity contribution < 1.29 is 13.9 Å². The number of amides is 1. The lowest BCUT2D eigenvalue weighted by Crippen LogP contribution is -2.24. The van der Waals surface area contributed by atoms with Crippen molar-refractivity contribution in [1.82, 2.24) is 15.5 Å². The Morgan fingerprint density at radius 3 is 3.05 bits per heavy atom. The fourth-order valence-corrected chi connectivity index (χ4v) is 1.48. The molecular formula is C13H14FN3O2. The highest BCUT2D eigenvalue weighted by atomic mass is 19.1. The summed E-state index contributed by atoms with van der Waals surface area (Å²) in [5, 5.41) is 9.24. The van der Waals surface area contributed by atoms with Gasteiger partial charge in [0, 0.05) is 12.3 Å². The zero-order chi connectivity index (χ0) is 13.5. The Hall–Kier alpha value is -2.37. The zero-order valence-corrected chi connectivity index (χ0v) is 10.2. The Kier molecular flexibility index (Phi) is 4.49. The quantitative estimate of drug-likeness (QED) is 0.832. The van der Waals surface area contributed by atoms with E-state index in [1.165, 1.54) is 12.1 Å². The van der Waals surface area contributed by atoms with E-state index in [1.807, 2.05) is 0 Å². The van der Waals surface area contributed by atoms with Gasteiger partial charge < -0.3 is 10.1 Å². The zero-order valence-electron chi connectivity index (χ0n) is 10.2. The van der Waals surface area contributed by atoms with Gasteiger partial charge in [-0.3, -0.25) is 9.89 Å². The van der Waals surface area contributed by atoms with Gasteiger partial charge in [0.15, 0.2) is 0 Å². The molecule has 1 aromatic heterocycles. The first-order valence-electron chi connectivity index (χ1n) is 5.87. The summed E-state index contributed by atoms with van der Waals surface area (Å²) in [6.07, 6.45) is 1.83. The smallest absolute Gasteiger partial charge is 0.223 e. The largest absolute Gasteiger partial charge is 0.493 e. The molecule has 6 heteroatoms. The highest BCUT2D eigenvalue weighted by Gasteiger charge is 2.03. The molecule has 1 aromatic carbocycles. The van der Waals surface area contributed by atoms with Gasteiger partial charge in [-0.15, -0.1) is 0 Å². The molecule has 0 fully saturated rings. The Bertz CT molecular complexity index is 528. The van der Waals surface area contributed by atoms with Crippen molar-refractivity contribution in [2.75, 3.05) is 6.61 Å². The number of rotatable bonds is 6. The molecule has 0 saturated carbocycles. The van der Waals surface area contributed by atoms with E-state index in [-0.39, 0.29) is 24.8 Å². The second kappa shape index (κ2) is 6.53. The van der Waals surface area contributed by atoms with Crippen LogP contribution in [0.25, 0.3) is 0 Å². The number of aromatic amines is 1. The molecule has 100 valence electrons. The number of nitrogens with one attached hydrogen (secondary N) is 2. The van der Waals surface area contributed by atoms with Crippen LogP contribution in [0.1, 0.15) is 12.1 Å². The van der Waals surface area contributed by atoms with Gasteiger partial charge in [0.1, 0.15) is 11.6 Å². The standard InChI is InChI=1S/C13H14FN3O2/c14-10-2-1-3-12(8-10)19-7-5-13(18)15-9-11-4-6-16-17-11/h1-4,6,8H,5,7,9H2,(H,15,18)(H,16,17). The maximum Gasteiger partial charge on any atom is 0.223 e. The number of hydrogen-bond donors (Lipinski definition) is 2. The molecule has 5 nitrogen and oxygen atoms in total. The number of hydrogen-bond acceptors (Lipinski definition) is 3. The Labute approximate surface area is 109 Å². The van der Waals surface area contributed by atoms with Crippen LogP contribution in [0.15, 0.2) is 36.5 Å². The minimum atomic E-state index is -0.360. The molecule has 0 atom stereocenters. The number of nitrogens with zero attached hydrogens (tertiary/aromatic N) is 1. The lowest BCUT2D eigenvalue weighted by Gasteiger charge is -2.06. The third kappa shape index (κ3) is 4.42. The minimum Gasteiger partial charge on any atom is -0.493 e. The average molecular weight is 263 g/mol. The van der Waals surface area contributed by atoms with E-state index in [0.717, 1.165) is 5.69 Å². The number of H-pyrrole nitrogens is 1. The number of ether oxygens (including phenoxy) is 1. The number of aromatic nitrogens is 2. The summed E-state index contributed by atoms with van der Waals surface area (Å²) in [4.78, 5) is 11.5. The molecule has 0 aliphatic rings.